The van der Waals surface area contributed by atoms with Crippen molar-refractivity contribution in [3.8, 4) is 6.07 Å². The van der Waals surface area contributed by atoms with Crippen LogP contribution in [0.1, 0.15) is 19.4 Å². The van der Waals surface area contributed by atoms with Crippen LogP contribution in [0.5, 0.6) is 0 Å². The summed E-state index contributed by atoms with van der Waals surface area (Å²) < 4.78 is 1.37. The second kappa shape index (κ2) is 4.60. The van der Waals surface area contributed by atoms with Crippen molar-refractivity contribution in [1.82, 2.24) is 9.55 Å². The van der Waals surface area contributed by atoms with Gasteiger partial charge in [-0.1, -0.05) is 6.92 Å². The van der Waals surface area contributed by atoms with Crippen molar-refractivity contribution >= 4 is 0 Å². The molecule has 1 unspecified atom stereocenters. The number of rotatable bonds is 3. The lowest BCUT2D eigenvalue weighted by Crippen LogP contribution is -2.32. The maximum atomic E-state index is 11.4. The number of aromatic nitrogens is 2. The van der Waals surface area contributed by atoms with Gasteiger partial charge in [0.15, 0.2) is 0 Å². The number of aromatic amines is 1. The van der Waals surface area contributed by atoms with Gasteiger partial charge in [-0.15, -0.1) is 0 Å². The molecule has 1 aromatic heterocycles. The lowest BCUT2D eigenvalue weighted by molar-refractivity contribution is 0.548. The minimum atomic E-state index is -0.459. The van der Waals surface area contributed by atoms with Crippen molar-refractivity contribution < 1.29 is 0 Å². The maximum Gasteiger partial charge on any atom is 0.328 e. The zero-order valence-electron chi connectivity index (χ0n) is 8.78. The summed E-state index contributed by atoms with van der Waals surface area (Å²) in [5, 5.41) is 8.63. The Labute approximate surface area is 87.0 Å². The molecule has 1 rings (SSSR count). The van der Waals surface area contributed by atoms with Crippen LogP contribution in [0.2, 0.25) is 0 Å². The number of hydrogen-bond acceptors (Lipinski definition) is 3. The smallest absolute Gasteiger partial charge is 0.299 e. The molecule has 80 valence electrons. The quantitative estimate of drug-likeness (QED) is 0.772. The molecule has 0 aliphatic heterocycles. The summed E-state index contributed by atoms with van der Waals surface area (Å²) in [5.41, 5.74) is -0.248. The number of aryl methyl sites for hydroxylation is 1. The molecule has 0 aromatic carbocycles. The van der Waals surface area contributed by atoms with Gasteiger partial charge in [-0.25, -0.2) is 4.79 Å². The van der Waals surface area contributed by atoms with Gasteiger partial charge in [-0.05, 0) is 13.3 Å². The van der Waals surface area contributed by atoms with Crippen LogP contribution in [0, 0.1) is 17.2 Å². The Balaban J connectivity index is 3.15. The summed E-state index contributed by atoms with van der Waals surface area (Å²) in [6, 6.07) is 2.04. The van der Waals surface area contributed by atoms with Crippen molar-refractivity contribution in [2.45, 2.75) is 26.8 Å². The lowest BCUT2D eigenvalue weighted by atomic mass is 10.2. The first-order valence-electron chi connectivity index (χ1n) is 4.80. The third-order valence-electron chi connectivity index (χ3n) is 2.16. The Morgan fingerprint density at radius 1 is 1.60 bits per heavy atom. The number of nitrogens with zero attached hydrogens (tertiary/aromatic N) is 2. The third-order valence-corrected chi connectivity index (χ3v) is 2.16. The first-order valence-corrected chi connectivity index (χ1v) is 4.80. The Hall–Kier alpha value is -1.83. The Kier molecular flexibility index (Phi) is 3.45. The average molecular weight is 207 g/mol. The molecule has 1 atom stereocenters. The van der Waals surface area contributed by atoms with Crippen molar-refractivity contribution in [1.29, 1.82) is 5.26 Å². The van der Waals surface area contributed by atoms with E-state index < -0.39 is 5.69 Å². The van der Waals surface area contributed by atoms with Gasteiger partial charge in [0.2, 0.25) is 0 Å². The highest BCUT2D eigenvalue weighted by atomic mass is 16.2. The summed E-state index contributed by atoms with van der Waals surface area (Å²) in [6.45, 7) is 3.87. The molecule has 0 spiro atoms. The van der Waals surface area contributed by atoms with E-state index in [0.29, 0.717) is 18.5 Å². The summed E-state index contributed by atoms with van der Waals surface area (Å²) >= 11 is 0. The van der Waals surface area contributed by atoms with Gasteiger partial charge in [0, 0.05) is 18.3 Å². The summed E-state index contributed by atoms with van der Waals surface area (Å²) in [6.07, 6.45) is 2.09. The van der Waals surface area contributed by atoms with E-state index >= 15 is 0 Å². The topological polar surface area (TPSA) is 78.7 Å². The standard InChI is InChI=1S/C10H13N3O2/c1-3-8-6-13(5-7(2)4-11)10(15)12-9(8)14/h6-7H,3,5H2,1-2H3,(H,12,14,15). The minimum Gasteiger partial charge on any atom is -0.299 e. The zero-order valence-corrected chi connectivity index (χ0v) is 8.78. The Morgan fingerprint density at radius 2 is 2.27 bits per heavy atom. The highest BCUT2D eigenvalue weighted by molar-refractivity contribution is 5.04. The van der Waals surface area contributed by atoms with E-state index in [2.05, 4.69) is 4.98 Å². The molecule has 0 saturated carbocycles. The molecule has 0 fully saturated rings. The van der Waals surface area contributed by atoms with Crippen molar-refractivity contribution in [3.63, 3.8) is 0 Å². The molecule has 15 heavy (non-hydrogen) atoms. The van der Waals surface area contributed by atoms with Crippen LogP contribution in [0.15, 0.2) is 15.8 Å². The molecule has 5 nitrogen and oxygen atoms in total. The number of hydrogen-bond donors (Lipinski definition) is 1. The van der Waals surface area contributed by atoms with E-state index in [4.69, 9.17) is 5.26 Å². The fraction of sp³-hybridized carbons (Fsp3) is 0.500. The van der Waals surface area contributed by atoms with E-state index in [1.807, 2.05) is 13.0 Å². The maximum absolute atomic E-state index is 11.4. The molecular formula is C10H13N3O2. The Morgan fingerprint density at radius 3 is 2.80 bits per heavy atom. The van der Waals surface area contributed by atoms with Crippen molar-refractivity contribution in [3.05, 3.63) is 32.6 Å². The van der Waals surface area contributed by atoms with E-state index in [0.717, 1.165) is 0 Å². The molecule has 0 amide bonds. The van der Waals surface area contributed by atoms with Crippen LogP contribution in [-0.4, -0.2) is 9.55 Å². The van der Waals surface area contributed by atoms with Gasteiger partial charge in [0.1, 0.15) is 0 Å². The summed E-state index contributed by atoms with van der Waals surface area (Å²) in [5.74, 6) is -0.252. The highest BCUT2D eigenvalue weighted by Crippen LogP contribution is 1.96. The van der Waals surface area contributed by atoms with Crippen LogP contribution in [0.4, 0.5) is 0 Å². The number of nitrogens with one attached hydrogen (secondary N) is 1. The molecule has 0 bridgehead atoms. The van der Waals surface area contributed by atoms with Gasteiger partial charge in [-0.2, -0.15) is 5.26 Å². The SMILES string of the molecule is CCc1cn(CC(C)C#N)c(=O)[nH]c1=O. The molecule has 1 aromatic rings. The van der Waals surface area contributed by atoms with E-state index in [9.17, 15) is 9.59 Å². The van der Waals surface area contributed by atoms with Crippen molar-refractivity contribution in [2.75, 3.05) is 0 Å². The fourth-order valence-corrected chi connectivity index (χ4v) is 1.28. The molecule has 5 heteroatoms. The van der Waals surface area contributed by atoms with Gasteiger partial charge < -0.3 is 0 Å². The number of H-pyrrole nitrogens is 1. The summed E-state index contributed by atoms with van der Waals surface area (Å²) in [4.78, 5) is 24.8. The Bertz CT molecular complexity index is 493. The first-order chi connectivity index (χ1) is 7.08. The van der Waals surface area contributed by atoms with Crippen LogP contribution in [0.25, 0.3) is 0 Å². The van der Waals surface area contributed by atoms with Crippen molar-refractivity contribution in [2.24, 2.45) is 5.92 Å². The van der Waals surface area contributed by atoms with Gasteiger partial charge in [-0.3, -0.25) is 14.3 Å². The molecule has 0 saturated heterocycles. The predicted octanol–water partition coefficient (Wildman–Crippen LogP) is 0.259. The second-order valence-electron chi connectivity index (χ2n) is 3.45. The first kappa shape index (κ1) is 11.2. The largest absolute Gasteiger partial charge is 0.328 e. The average Bonchev–Trinajstić information content (AvgIpc) is 2.21. The molecule has 0 aliphatic rings. The van der Waals surface area contributed by atoms with Crippen LogP contribution in [0.3, 0.4) is 0 Å². The summed E-state index contributed by atoms with van der Waals surface area (Å²) in [7, 11) is 0. The molecule has 0 aliphatic carbocycles. The van der Waals surface area contributed by atoms with Crippen LogP contribution < -0.4 is 11.2 Å². The monoisotopic (exact) mass is 207 g/mol. The van der Waals surface area contributed by atoms with Gasteiger partial charge in [0.05, 0.1) is 12.0 Å². The fourth-order valence-electron chi connectivity index (χ4n) is 1.28. The second-order valence-corrected chi connectivity index (χ2v) is 3.45. The molecule has 1 N–H and O–H groups in total. The molecule has 1 heterocycles. The molecule has 0 radical (unpaired) electrons. The van der Waals surface area contributed by atoms with E-state index in [1.54, 1.807) is 6.92 Å². The van der Waals surface area contributed by atoms with Gasteiger partial charge in [0.25, 0.3) is 5.56 Å². The van der Waals surface area contributed by atoms with Crippen LogP contribution in [-0.2, 0) is 13.0 Å². The number of nitriles is 1. The molecular weight excluding hydrogens is 194 g/mol. The minimum absolute atomic E-state index is 0.252. The zero-order chi connectivity index (χ0) is 11.4. The third kappa shape index (κ3) is 2.56. The van der Waals surface area contributed by atoms with E-state index in [-0.39, 0.29) is 11.5 Å². The van der Waals surface area contributed by atoms with E-state index in [1.165, 1.54) is 10.8 Å². The predicted molar refractivity (Wildman–Crippen MR) is 55.5 cm³/mol. The van der Waals surface area contributed by atoms with Crippen LogP contribution >= 0.6 is 0 Å². The van der Waals surface area contributed by atoms with Gasteiger partial charge >= 0.3 is 5.69 Å². The highest BCUT2D eigenvalue weighted by Gasteiger charge is 2.06. The normalized spacial score (nSPS) is 12.1. The lowest BCUT2D eigenvalue weighted by Gasteiger charge is -2.07.